The Kier molecular flexibility index (Phi) is 5.42. The van der Waals surface area contributed by atoms with Crippen molar-refractivity contribution in [1.82, 2.24) is 9.80 Å². The van der Waals surface area contributed by atoms with Gasteiger partial charge in [-0.05, 0) is 30.5 Å². The number of benzene rings is 1. The number of rotatable bonds is 4. The molecular formula is C16H18ClF3N2O2. The highest BCUT2D eigenvalue weighted by atomic mass is 35.5. The standard InChI is InChI=1S/C16H18ClF3N2O2/c1-10(24)21(2)15(16(18,19)20)14-7-6-13(22(14)9-23)11-4-3-5-12(17)8-11/h3-5,8-9,13-15H,6-7H2,1-2H3. The van der Waals surface area contributed by atoms with Crippen LogP contribution in [-0.2, 0) is 9.59 Å². The molecule has 2 rings (SSSR count). The van der Waals surface area contributed by atoms with Crippen molar-refractivity contribution < 1.29 is 22.8 Å². The fraction of sp³-hybridized carbons (Fsp3) is 0.500. The minimum Gasteiger partial charge on any atom is -0.333 e. The van der Waals surface area contributed by atoms with Crippen molar-refractivity contribution in [2.24, 2.45) is 0 Å². The summed E-state index contributed by atoms with van der Waals surface area (Å²) in [5, 5.41) is 0.454. The van der Waals surface area contributed by atoms with Crippen molar-refractivity contribution in [2.45, 2.75) is 44.1 Å². The molecule has 1 aliphatic heterocycles. The van der Waals surface area contributed by atoms with E-state index in [9.17, 15) is 22.8 Å². The zero-order valence-corrected chi connectivity index (χ0v) is 14.0. The fourth-order valence-electron chi connectivity index (χ4n) is 3.27. The highest BCUT2D eigenvalue weighted by molar-refractivity contribution is 6.30. The topological polar surface area (TPSA) is 40.6 Å². The van der Waals surface area contributed by atoms with Gasteiger partial charge in [-0.1, -0.05) is 23.7 Å². The molecule has 132 valence electrons. The van der Waals surface area contributed by atoms with Crippen LogP contribution in [0.2, 0.25) is 5.02 Å². The molecule has 3 unspecified atom stereocenters. The summed E-state index contributed by atoms with van der Waals surface area (Å²) in [4.78, 5) is 24.8. The van der Waals surface area contributed by atoms with Crippen molar-refractivity contribution in [2.75, 3.05) is 7.05 Å². The Hall–Kier alpha value is -1.76. The van der Waals surface area contributed by atoms with Gasteiger partial charge in [0.1, 0.15) is 6.04 Å². The minimum atomic E-state index is -4.63. The maximum absolute atomic E-state index is 13.5. The van der Waals surface area contributed by atoms with Crippen LogP contribution in [0.4, 0.5) is 13.2 Å². The lowest BCUT2D eigenvalue weighted by Gasteiger charge is -2.38. The largest absolute Gasteiger partial charge is 0.410 e. The van der Waals surface area contributed by atoms with E-state index in [0.29, 0.717) is 28.3 Å². The van der Waals surface area contributed by atoms with Crippen LogP contribution in [0.25, 0.3) is 0 Å². The molecule has 0 bridgehead atoms. The van der Waals surface area contributed by atoms with Crippen molar-refractivity contribution >= 4 is 23.9 Å². The van der Waals surface area contributed by atoms with Gasteiger partial charge in [-0.25, -0.2) is 0 Å². The van der Waals surface area contributed by atoms with E-state index in [2.05, 4.69) is 0 Å². The summed E-state index contributed by atoms with van der Waals surface area (Å²) >= 11 is 5.94. The SMILES string of the molecule is CC(=O)N(C)C(C1CCC(c2cccc(Cl)c2)N1C=O)C(F)(F)F. The van der Waals surface area contributed by atoms with Crippen LogP contribution in [0.15, 0.2) is 24.3 Å². The highest BCUT2D eigenvalue weighted by Gasteiger charge is 2.53. The molecule has 8 heteroatoms. The van der Waals surface area contributed by atoms with Crippen LogP contribution in [0, 0.1) is 0 Å². The third-order valence-electron chi connectivity index (χ3n) is 4.45. The van der Waals surface area contributed by atoms with Gasteiger partial charge in [0.25, 0.3) is 0 Å². The Bertz CT molecular complexity index is 624. The van der Waals surface area contributed by atoms with Crippen LogP contribution >= 0.6 is 11.6 Å². The minimum absolute atomic E-state index is 0.151. The monoisotopic (exact) mass is 362 g/mol. The Morgan fingerprint density at radius 3 is 2.58 bits per heavy atom. The molecule has 0 radical (unpaired) electrons. The van der Waals surface area contributed by atoms with Crippen LogP contribution in [0.3, 0.4) is 0 Å². The molecule has 1 heterocycles. The molecule has 0 aliphatic carbocycles. The Morgan fingerprint density at radius 1 is 1.42 bits per heavy atom. The molecule has 0 aromatic heterocycles. The number of hydrogen-bond donors (Lipinski definition) is 0. The fourth-order valence-corrected chi connectivity index (χ4v) is 3.47. The van der Waals surface area contributed by atoms with Crippen molar-refractivity contribution in [3.8, 4) is 0 Å². The number of hydrogen-bond acceptors (Lipinski definition) is 2. The number of carbonyl (C=O) groups excluding carboxylic acids is 2. The molecular weight excluding hydrogens is 345 g/mol. The average molecular weight is 363 g/mol. The summed E-state index contributed by atoms with van der Waals surface area (Å²) in [6, 6.07) is 3.07. The summed E-state index contributed by atoms with van der Waals surface area (Å²) < 4.78 is 40.6. The molecule has 2 amide bonds. The van der Waals surface area contributed by atoms with Gasteiger partial charge >= 0.3 is 6.18 Å². The number of amides is 2. The summed E-state index contributed by atoms with van der Waals surface area (Å²) in [5.74, 6) is -0.700. The van der Waals surface area contributed by atoms with E-state index in [1.165, 1.54) is 0 Å². The number of halogens is 4. The number of alkyl halides is 3. The molecule has 1 aromatic carbocycles. The Labute approximate surface area is 143 Å². The van der Waals surface area contributed by atoms with E-state index in [0.717, 1.165) is 18.9 Å². The van der Waals surface area contributed by atoms with Gasteiger partial charge in [0.05, 0.1) is 12.1 Å². The van der Waals surface area contributed by atoms with Crippen molar-refractivity contribution in [3.63, 3.8) is 0 Å². The number of carbonyl (C=O) groups is 2. The lowest BCUT2D eigenvalue weighted by Crippen LogP contribution is -2.56. The van der Waals surface area contributed by atoms with Crippen molar-refractivity contribution in [1.29, 1.82) is 0 Å². The molecule has 0 saturated carbocycles. The zero-order valence-electron chi connectivity index (χ0n) is 13.3. The molecule has 0 N–H and O–H groups in total. The second-order valence-corrected chi connectivity index (χ2v) is 6.32. The Morgan fingerprint density at radius 2 is 2.08 bits per heavy atom. The van der Waals surface area contributed by atoms with Gasteiger partial charge < -0.3 is 9.80 Å². The van der Waals surface area contributed by atoms with Gasteiger partial charge in [-0.3, -0.25) is 9.59 Å². The lowest BCUT2D eigenvalue weighted by atomic mass is 10.0. The van der Waals surface area contributed by atoms with E-state index in [1.807, 2.05) is 0 Å². The summed E-state index contributed by atoms with van der Waals surface area (Å²) in [6.07, 6.45) is -3.68. The molecule has 1 aromatic rings. The number of nitrogens with zero attached hydrogens (tertiary/aromatic N) is 2. The highest BCUT2D eigenvalue weighted by Crippen LogP contribution is 2.41. The zero-order chi connectivity index (χ0) is 18.1. The molecule has 1 fully saturated rings. The second kappa shape index (κ2) is 7.01. The smallest absolute Gasteiger partial charge is 0.333 e. The summed E-state index contributed by atoms with van der Waals surface area (Å²) in [5.41, 5.74) is 0.684. The van der Waals surface area contributed by atoms with Crippen LogP contribution < -0.4 is 0 Å². The first-order chi connectivity index (χ1) is 11.2. The molecule has 4 nitrogen and oxygen atoms in total. The molecule has 1 aliphatic rings. The molecule has 0 spiro atoms. The van der Waals surface area contributed by atoms with E-state index >= 15 is 0 Å². The second-order valence-electron chi connectivity index (χ2n) is 5.88. The van der Waals surface area contributed by atoms with Crippen LogP contribution in [0.5, 0.6) is 0 Å². The van der Waals surface area contributed by atoms with E-state index in [-0.39, 0.29) is 6.42 Å². The van der Waals surface area contributed by atoms with Gasteiger partial charge in [-0.2, -0.15) is 13.2 Å². The predicted molar refractivity (Wildman–Crippen MR) is 83.4 cm³/mol. The summed E-state index contributed by atoms with van der Waals surface area (Å²) in [7, 11) is 1.11. The molecule has 3 atom stereocenters. The predicted octanol–water partition coefficient (Wildman–Crippen LogP) is 3.41. The molecule has 1 saturated heterocycles. The van der Waals surface area contributed by atoms with Crippen molar-refractivity contribution in [3.05, 3.63) is 34.9 Å². The first-order valence-corrected chi connectivity index (χ1v) is 7.83. The normalized spacial score (nSPS) is 22.3. The first-order valence-electron chi connectivity index (χ1n) is 7.45. The lowest BCUT2D eigenvalue weighted by molar-refractivity contribution is -0.198. The Balaban J connectivity index is 2.36. The van der Waals surface area contributed by atoms with Gasteiger partial charge in [-0.15, -0.1) is 0 Å². The number of likely N-dealkylation sites (tertiary alicyclic amines) is 1. The summed E-state index contributed by atoms with van der Waals surface area (Å²) in [6.45, 7) is 1.08. The quantitative estimate of drug-likeness (QED) is 0.770. The van der Waals surface area contributed by atoms with E-state index < -0.39 is 30.2 Å². The average Bonchev–Trinajstić information content (AvgIpc) is 2.89. The van der Waals surface area contributed by atoms with Gasteiger partial charge in [0.15, 0.2) is 0 Å². The number of likely N-dealkylation sites (N-methyl/N-ethyl adjacent to an activating group) is 1. The maximum Gasteiger partial charge on any atom is 0.410 e. The first kappa shape index (κ1) is 18.6. The third-order valence-corrected chi connectivity index (χ3v) is 4.68. The van der Waals surface area contributed by atoms with Gasteiger partial charge in [0, 0.05) is 19.0 Å². The van der Waals surface area contributed by atoms with Gasteiger partial charge in [0.2, 0.25) is 12.3 Å². The van der Waals surface area contributed by atoms with Crippen LogP contribution in [-0.4, -0.2) is 47.4 Å². The molecule has 24 heavy (non-hydrogen) atoms. The van der Waals surface area contributed by atoms with E-state index in [4.69, 9.17) is 11.6 Å². The van der Waals surface area contributed by atoms with Crippen LogP contribution in [0.1, 0.15) is 31.4 Å². The maximum atomic E-state index is 13.5. The third kappa shape index (κ3) is 3.66. The van der Waals surface area contributed by atoms with E-state index in [1.54, 1.807) is 24.3 Å².